The van der Waals surface area contributed by atoms with Crippen molar-refractivity contribution in [2.24, 2.45) is 0 Å². The van der Waals surface area contributed by atoms with Gasteiger partial charge in [0.15, 0.2) is 5.82 Å². The van der Waals surface area contributed by atoms with E-state index < -0.39 is 35.0 Å². The Hall–Kier alpha value is -3.70. The molecular weight excluding hydrogens is 571 g/mol. The molecule has 3 aliphatic rings. The van der Waals surface area contributed by atoms with Crippen LogP contribution in [-0.2, 0) is 12.8 Å². The monoisotopic (exact) mass is 607 g/mol. The minimum Gasteiger partial charge on any atom is -0.508 e. The second kappa shape index (κ2) is 10.2. The summed E-state index contributed by atoms with van der Waals surface area (Å²) >= 11 is 0. The summed E-state index contributed by atoms with van der Waals surface area (Å²) in [4.78, 5) is 17.9. The minimum atomic E-state index is -1.18. The van der Waals surface area contributed by atoms with Gasteiger partial charge in [0.2, 0.25) is 0 Å². The Kier molecular flexibility index (Phi) is 6.71. The second-order valence-electron chi connectivity index (χ2n) is 13.1. The van der Waals surface area contributed by atoms with Crippen LogP contribution in [-0.4, -0.2) is 80.2 Å². The zero-order valence-corrected chi connectivity index (χ0v) is 25.3. The SMILES string of the molecule is CCc1c(F)ccc2cc(O)cc(-c3nc4c5c(nc(OC[C@@]67CCCN6C[C@H](F)C7)nc5c3F)N(C)[C@@H](C(C)(C)O)C4)c12. The van der Waals surface area contributed by atoms with Gasteiger partial charge in [-0.3, -0.25) is 4.90 Å². The fraction of sp³-hybridized carbons (Fsp3) is 0.485. The van der Waals surface area contributed by atoms with E-state index in [1.165, 1.54) is 18.2 Å². The Morgan fingerprint density at radius 3 is 2.68 bits per heavy atom. The van der Waals surface area contributed by atoms with Gasteiger partial charge in [0.1, 0.15) is 41.4 Å². The molecule has 2 aromatic carbocycles. The Bertz CT molecular complexity index is 1810. The van der Waals surface area contributed by atoms with Crippen molar-refractivity contribution in [2.45, 2.75) is 76.2 Å². The third-order valence-electron chi connectivity index (χ3n) is 9.82. The fourth-order valence-electron chi connectivity index (χ4n) is 7.72. The van der Waals surface area contributed by atoms with Crippen molar-refractivity contribution in [1.82, 2.24) is 19.9 Å². The number of aryl methyl sites for hydroxylation is 1. The molecule has 0 aliphatic carbocycles. The predicted octanol–water partition coefficient (Wildman–Crippen LogP) is 5.48. The van der Waals surface area contributed by atoms with Crippen molar-refractivity contribution in [3.63, 3.8) is 0 Å². The summed E-state index contributed by atoms with van der Waals surface area (Å²) in [7, 11) is 1.78. The van der Waals surface area contributed by atoms with Crippen LogP contribution in [0.2, 0.25) is 0 Å². The van der Waals surface area contributed by atoms with Crippen molar-refractivity contribution in [3.8, 4) is 23.0 Å². The van der Waals surface area contributed by atoms with Crippen LogP contribution in [0.3, 0.4) is 0 Å². The number of anilines is 1. The third kappa shape index (κ3) is 4.46. The van der Waals surface area contributed by atoms with Gasteiger partial charge in [-0.15, -0.1) is 0 Å². The average molecular weight is 608 g/mol. The molecule has 11 heteroatoms. The molecule has 2 aromatic heterocycles. The molecule has 44 heavy (non-hydrogen) atoms. The summed E-state index contributed by atoms with van der Waals surface area (Å²) in [6.45, 7) is 6.54. The van der Waals surface area contributed by atoms with Gasteiger partial charge in [-0.1, -0.05) is 13.0 Å². The van der Waals surface area contributed by atoms with Crippen molar-refractivity contribution in [2.75, 3.05) is 31.6 Å². The number of alkyl halides is 1. The first-order valence-corrected chi connectivity index (χ1v) is 15.2. The highest BCUT2D eigenvalue weighted by atomic mass is 19.1. The molecule has 3 atom stereocenters. The minimum absolute atomic E-state index is 0.0208. The zero-order valence-electron chi connectivity index (χ0n) is 25.3. The number of aromatic nitrogens is 3. The molecule has 232 valence electrons. The number of hydrogen-bond donors (Lipinski definition) is 2. The molecule has 2 saturated heterocycles. The molecule has 0 saturated carbocycles. The fourth-order valence-corrected chi connectivity index (χ4v) is 7.72. The molecule has 3 aliphatic heterocycles. The van der Waals surface area contributed by atoms with E-state index in [1.54, 1.807) is 31.9 Å². The molecule has 0 amide bonds. The van der Waals surface area contributed by atoms with Crippen molar-refractivity contribution < 1.29 is 28.1 Å². The topological polar surface area (TPSA) is 94.8 Å². The van der Waals surface area contributed by atoms with Gasteiger partial charge in [0.05, 0.1) is 28.3 Å². The number of aliphatic hydroxyl groups is 1. The number of benzene rings is 2. The maximum absolute atomic E-state index is 16.8. The summed E-state index contributed by atoms with van der Waals surface area (Å²) in [5, 5.41) is 23.2. The highest BCUT2D eigenvalue weighted by molar-refractivity contribution is 6.02. The van der Waals surface area contributed by atoms with Gasteiger partial charge < -0.3 is 19.8 Å². The van der Waals surface area contributed by atoms with Crippen LogP contribution < -0.4 is 9.64 Å². The lowest BCUT2D eigenvalue weighted by molar-refractivity contribution is 0.0492. The van der Waals surface area contributed by atoms with Crippen molar-refractivity contribution in [3.05, 3.63) is 47.2 Å². The van der Waals surface area contributed by atoms with Crippen molar-refractivity contribution >= 4 is 27.5 Å². The van der Waals surface area contributed by atoms with Gasteiger partial charge >= 0.3 is 6.01 Å². The maximum atomic E-state index is 16.8. The molecule has 8 nitrogen and oxygen atoms in total. The number of hydrogen-bond acceptors (Lipinski definition) is 8. The number of ether oxygens (including phenoxy) is 1. The lowest BCUT2D eigenvalue weighted by Gasteiger charge is -2.41. The lowest BCUT2D eigenvalue weighted by Crippen LogP contribution is -2.51. The summed E-state index contributed by atoms with van der Waals surface area (Å²) in [6, 6.07) is 5.28. The first kappa shape index (κ1) is 29.0. The summed E-state index contributed by atoms with van der Waals surface area (Å²) in [6.07, 6.45) is 1.78. The van der Waals surface area contributed by atoms with Crippen LogP contribution in [0.15, 0.2) is 24.3 Å². The molecule has 0 bridgehead atoms. The number of rotatable bonds is 6. The number of phenols is 1. The molecule has 5 heterocycles. The van der Waals surface area contributed by atoms with Gasteiger partial charge in [0.25, 0.3) is 0 Å². The Balaban J connectivity index is 1.44. The first-order chi connectivity index (χ1) is 20.9. The van der Waals surface area contributed by atoms with E-state index in [2.05, 4.69) is 14.9 Å². The van der Waals surface area contributed by atoms with E-state index in [4.69, 9.17) is 9.72 Å². The molecule has 0 unspecified atom stereocenters. The van der Waals surface area contributed by atoms with Crippen LogP contribution in [0.4, 0.5) is 19.0 Å². The van der Waals surface area contributed by atoms with Gasteiger partial charge in [-0.05, 0) is 74.2 Å². The predicted molar refractivity (Wildman–Crippen MR) is 162 cm³/mol. The highest BCUT2D eigenvalue weighted by Crippen LogP contribution is 2.44. The largest absolute Gasteiger partial charge is 0.508 e. The number of fused-ring (bicyclic) bond motifs is 2. The van der Waals surface area contributed by atoms with E-state index >= 15 is 8.78 Å². The van der Waals surface area contributed by atoms with E-state index in [9.17, 15) is 14.6 Å². The first-order valence-electron chi connectivity index (χ1n) is 15.2. The van der Waals surface area contributed by atoms with Crippen LogP contribution in [0.1, 0.15) is 51.3 Å². The number of aromatic hydroxyl groups is 1. The van der Waals surface area contributed by atoms with E-state index in [-0.39, 0.29) is 41.6 Å². The third-order valence-corrected chi connectivity index (χ3v) is 9.82. The van der Waals surface area contributed by atoms with E-state index in [1.807, 2.05) is 6.92 Å². The molecule has 7 rings (SSSR count). The molecule has 4 aromatic rings. The standard InChI is InChI=1S/C33H36F3N5O3/c1-5-20-22(35)8-7-17-11-19(42)12-21(25(17)20)28-27(36)29-26-23(37-28)13-24(32(2,3)43)40(4)30(26)39-31(38-29)44-16-33-9-6-10-41(33)15-18(34)14-33/h7-8,11-12,18,24,42-43H,5-6,9-10,13-16H2,1-4H3/t18-,24-,33+/m1/s1. The Morgan fingerprint density at radius 2 is 1.93 bits per heavy atom. The zero-order chi connectivity index (χ0) is 31.1. The van der Waals surface area contributed by atoms with E-state index in [0.29, 0.717) is 52.6 Å². The van der Waals surface area contributed by atoms with Crippen molar-refractivity contribution in [1.29, 1.82) is 0 Å². The number of halogens is 3. The van der Waals surface area contributed by atoms with Gasteiger partial charge in [-0.2, -0.15) is 9.97 Å². The number of pyridine rings is 1. The number of phenolic OH excluding ortho intramolecular Hbond substituents is 1. The van der Waals surface area contributed by atoms with Crippen LogP contribution in [0, 0.1) is 11.6 Å². The number of likely N-dealkylation sites (N-methyl/N-ethyl adjacent to an activating group) is 1. The molecule has 0 radical (unpaired) electrons. The van der Waals surface area contributed by atoms with Crippen LogP contribution in [0.25, 0.3) is 32.9 Å². The average Bonchev–Trinajstić information content (AvgIpc) is 3.49. The second-order valence-corrected chi connectivity index (χ2v) is 13.1. The molecule has 0 spiro atoms. The lowest BCUT2D eigenvalue weighted by atomic mass is 9.88. The number of nitrogens with zero attached hydrogens (tertiary/aromatic N) is 5. The van der Waals surface area contributed by atoms with Gasteiger partial charge in [-0.25, -0.2) is 18.2 Å². The molecule has 2 N–H and O–H groups in total. The normalized spacial score (nSPS) is 23.6. The van der Waals surface area contributed by atoms with Gasteiger partial charge in [0, 0.05) is 32.0 Å². The quantitative estimate of drug-likeness (QED) is 0.298. The Morgan fingerprint density at radius 1 is 1.14 bits per heavy atom. The maximum Gasteiger partial charge on any atom is 0.319 e. The Labute approximate surface area is 253 Å². The summed E-state index contributed by atoms with van der Waals surface area (Å²) in [5.74, 6) is -0.925. The van der Waals surface area contributed by atoms with Crippen LogP contribution in [0.5, 0.6) is 11.8 Å². The van der Waals surface area contributed by atoms with Crippen LogP contribution >= 0.6 is 0 Å². The summed E-state index contributed by atoms with van der Waals surface area (Å²) < 4.78 is 52.4. The highest BCUT2D eigenvalue weighted by Gasteiger charge is 2.49. The summed E-state index contributed by atoms with van der Waals surface area (Å²) in [5.41, 5.74) is -0.630. The molecule has 2 fully saturated rings. The van der Waals surface area contributed by atoms with E-state index in [0.717, 1.165) is 19.4 Å². The smallest absolute Gasteiger partial charge is 0.319 e. The molecular formula is C33H36F3N5O3.